The van der Waals surface area contributed by atoms with Crippen LogP contribution in [0.25, 0.3) is 15.9 Å². The number of rotatable bonds is 3. The number of likely N-dealkylation sites (N-methyl/N-ethyl adjacent to an activating group) is 1. The van der Waals surface area contributed by atoms with Gasteiger partial charge in [-0.2, -0.15) is 0 Å². The molecule has 0 atom stereocenters. The van der Waals surface area contributed by atoms with Crippen molar-refractivity contribution in [3.63, 3.8) is 0 Å². The highest BCUT2D eigenvalue weighted by molar-refractivity contribution is 7.19. The summed E-state index contributed by atoms with van der Waals surface area (Å²) < 4.78 is 7.17. The fraction of sp³-hybridized carbons (Fsp3) is 0.364. The largest absolute Gasteiger partial charge is 0.372 e. The number of thiophene rings is 1. The molecule has 0 spiro atoms. The van der Waals surface area contributed by atoms with Crippen LogP contribution in [-0.4, -0.2) is 61.4 Å². The van der Waals surface area contributed by atoms with E-state index in [0.29, 0.717) is 16.8 Å². The van der Waals surface area contributed by atoms with Gasteiger partial charge in [-0.3, -0.25) is 9.36 Å². The van der Waals surface area contributed by atoms with E-state index in [2.05, 4.69) is 45.8 Å². The molecule has 0 bridgehead atoms. The average Bonchev–Trinajstić information content (AvgIpc) is 3.03. The Morgan fingerprint density at radius 1 is 1.14 bits per heavy atom. The Balaban J connectivity index is 1.60. The number of fused-ring (bicyclic) bond motifs is 1. The van der Waals surface area contributed by atoms with Crippen LogP contribution < -0.4 is 10.5 Å². The lowest BCUT2D eigenvalue weighted by Crippen LogP contribution is -2.28. The fourth-order valence-electron chi connectivity index (χ4n) is 3.48. The highest BCUT2D eigenvalue weighted by atomic mass is 32.1. The van der Waals surface area contributed by atoms with Crippen LogP contribution in [0.1, 0.15) is 11.3 Å². The Morgan fingerprint density at radius 2 is 1.93 bits per heavy atom. The molecular formula is C22H24N4O2S. The molecule has 6 nitrogen and oxygen atoms in total. The maximum atomic E-state index is 13.0. The van der Waals surface area contributed by atoms with Crippen LogP contribution in [0.15, 0.2) is 41.5 Å². The molecule has 1 saturated heterocycles. The Labute approximate surface area is 174 Å². The van der Waals surface area contributed by atoms with Crippen LogP contribution in [0.4, 0.5) is 5.69 Å². The molecule has 0 aliphatic carbocycles. The summed E-state index contributed by atoms with van der Waals surface area (Å²) in [5.74, 6) is 5.94. The minimum Gasteiger partial charge on any atom is -0.372 e. The third-order valence-corrected chi connectivity index (χ3v) is 6.11. The molecule has 3 aromatic rings. The molecule has 1 aromatic carbocycles. The molecule has 1 fully saturated rings. The molecule has 0 N–H and O–H groups in total. The number of anilines is 1. The quantitative estimate of drug-likeness (QED) is 0.624. The molecule has 29 heavy (non-hydrogen) atoms. The molecule has 7 heteroatoms. The van der Waals surface area contributed by atoms with Gasteiger partial charge in [-0.05, 0) is 50.3 Å². The van der Waals surface area contributed by atoms with Crippen LogP contribution in [0.5, 0.6) is 0 Å². The summed E-state index contributed by atoms with van der Waals surface area (Å²) in [7, 11) is 3.78. The van der Waals surface area contributed by atoms with Crippen LogP contribution in [0, 0.1) is 11.8 Å². The van der Waals surface area contributed by atoms with Crippen LogP contribution in [0.3, 0.4) is 0 Å². The van der Waals surface area contributed by atoms with Gasteiger partial charge in [0.25, 0.3) is 5.56 Å². The van der Waals surface area contributed by atoms with Crippen LogP contribution in [0.2, 0.25) is 0 Å². The van der Waals surface area contributed by atoms with E-state index in [1.807, 2.05) is 18.2 Å². The number of aromatic nitrogens is 2. The van der Waals surface area contributed by atoms with E-state index in [-0.39, 0.29) is 5.56 Å². The first-order valence-corrected chi connectivity index (χ1v) is 10.5. The summed E-state index contributed by atoms with van der Waals surface area (Å²) >= 11 is 1.37. The van der Waals surface area contributed by atoms with E-state index in [9.17, 15) is 4.79 Å². The third-order valence-electron chi connectivity index (χ3n) is 5.08. The van der Waals surface area contributed by atoms with E-state index in [1.54, 1.807) is 18.0 Å². The second-order valence-corrected chi connectivity index (χ2v) is 8.19. The molecule has 150 valence electrons. The van der Waals surface area contributed by atoms with Gasteiger partial charge in [-0.15, -0.1) is 11.3 Å². The predicted octanol–water partition coefficient (Wildman–Crippen LogP) is 2.59. The van der Waals surface area contributed by atoms with Crippen molar-refractivity contribution in [2.45, 2.75) is 6.42 Å². The number of benzene rings is 1. The van der Waals surface area contributed by atoms with Gasteiger partial charge in [-0.1, -0.05) is 11.8 Å². The van der Waals surface area contributed by atoms with Crippen LogP contribution >= 0.6 is 11.3 Å². The number of hydrogen-bond acceptors (Lipinski definition) is 6. The van der Waals surface area contributed by atoms with E-state index in [0.717, 1.165) is 43.2 Å². The smallest absolute Gasteiger partial charge is 0.275 e. The minimum atomic E-state index is -0.0658. The molecular weight excluding hydrogens is 384 g/mol. The third kappa shape index (κ3) is 4.35. The summed E-state index contributed by atoms with van der Waals surface area (Å²) in [6, 6.07) is 10.0. The number of ether oxygens (including phenoxy) is 1. The average molecular weight is 409 g/mol. The van der Waals surface area contributed by atoms with E-state index in [1.165, 1.54) is 17.0 Å². The Hall–Kier alpha value is -2.66. The van der Waals surface area contributed by atoms with Gasteiger partial charge in [-0.25, -0.2) is 4.98 Å². The molecule has 0 amide bonds. The molecule has 3 heterocycles. The SMILES string of the molecule is COCC#Cc1cc2ncn(-c3ccc(N4CCCN(C)CC4)cc3)c(=O)c2s1. The number of methoxy groups -OCH3 is 1. The van der Waals surface area contributed by atoms with Gasteiger partial charge in [0.1, 0.15) is 17.6 Å². The topological polar surface area (TPSA) is 50.6 Å². The second-order valence-electron chi connectivity index (χ2n) is 7.14. The summed E-state index contributed by atoms with van der Waals surface area (Å²) in [6.07, 6.45) is 2.76. The summed E-state index contributed by atoms with van der Waals surface area (Å²) in [6.45, 7) is 4.64. The zero-order valence-corrected chi connectivity index (χ0v) is 17.5. The lowest BCUT2D eigenvalue weighted by molar-refractivity contribution is 0.240. The van der Waals surface area contributed by atoms with Gasteiger partial charge >= 0.3 is 0 Å². The zero-order valence-electron chi connectivity index (χ0n) is 16.7. The van der Waals surface area contributed by atoms with Crippen molar-refractivity contribution in [1.29, 1.82) is 0 Å². The normalized spacial score (nSPS) is 15.2. The standard InChI is InChI=1S/C22H24N4O2S/c1-24-10-4-11-25(13-12-24)17-6-8-18(9-7-17)26-16-23-20-15-19(5-3-14-28-2)29-21(20)22(26)27/h6-9,15-16H,4,10-14H2,1-2H3. The Bertz CT molecular complexity index is 1110. The van der Waals surface area contributed by atoms with E-state index < -0.39 is 0 Å². The highest BCUT2D eigenvalue weighted by Gasteiger charge is 2.13. The lowest BCUT2D eigenvalue weighted by Gasteiger charge is -2.23. The van der Waals surface area contributed by atoms with Crippen molar-refractivity contribution >= 4 is 27.2 Å². The first-order valence-electron chi connectivity index (χ1n) is 9.68. The van der Waals surface area contributed by atoms with Crippen LogP contribution in [-0.2, 0) is 4.74 Å². The zero-order chi connectivity index (χ0) is 20.2. The van der Waals surface area contributed by atoms with Crippen molar-refractivity contribution in [1.82, 2.24) is 14.5 Å². The lowest BCUT2D eigenvalue weighted by atomic mass is 10.2. The van der Waals surface area contributed by atoms with Crippen molar-refractivity contribution in [2.75, 3.05) is 51.8 Å². The van der Waals surface area contributed by atoms with Crippen molar-refractivity contribution in [3.05, 3.63) is 51.9 Å². The molecule has 0 saturated carbocycles. The summed E-state index contributed by atoms with van der Waals surface area (Å²) in [5, 5.41) is 0. The van der Waals surface area contributed by atoms with Gasteiger partial charge < -0.3 is 14.5 Å². The first-order chi connectivity index (χ1) is 14.2. The summed E-state index contributed by atoms with van der Waals surface area (Å²) in [4.78, 5) is 23.0. The fourth-order valence-corrected chi connectivity index (χ4v) is 4.40. The monoisotopic (exact) mass is 408 g/mol. The van der Waals surface area contributed by atoms with Crippen molar-refractivity contribution < 1.29 is 4.74 Å². The van der Waals surface area contributed by atoms with Gasteiger partial charge in [0, 0.05) is 32.4 Å². The van der Waals surface area contributed by atoms with Gasteiger partial charge in [0.15, 0.2) is 0 Å². The molecule has 2 aromatic heterocycles. The molecule has 0 radical (unpaired) electrons. The van der Waals surface area contributed by atoms with Gasteiger partial charge in [0.05, 0.1) is 16.1 Å². The molecule has 1 aliphatic heterocycles. The highest BCUT2D eigenvalue weighted by Crippen LogP contribution is 2.22. The van der Waals surface area contributed by atoms with Crippen molar-refractivity contribution in [2.24, 2.45) is 0 Å². The summed E-state index contributed by atoms with van der Waals surface area (Å²) in [5.41, 5.74) is 2.63. The van der Waals surface area contributed by atoms with E-state index >= 15 is 0 Å². The minimum absolute atomic E-state index is 0.0658. The number of nitrogens with zero attached hydrogens (tertiary/aromatic N) is 4. The maximum absolute atomic E-state index is 13.0. The molecule has 0 unspecified atom stereocenters. The predicted molar refractivity (Wildman–Crippen MR) is 118 cm³/mol. The maximum Gasteiger partial charge on any atom is 0.275 e. The Kier molecular flexibility index (Phi) is 5.95. The number of hydrogen-bond donors (Lipinski definition) is 0. The Morgan fingerprint density at radius 3 is 2.72 bits per heavy atom. The van der Waals surface area contributed by atoms with Gasteiger partial charge in [0.2, 0.25) is 0 Å². The van der Waals surface area contributed by atoms with Crippen molar-refractivity contribution in [3.8, 4) is 17.5 Å². The molecule has 4 rings (SSSR count). The first kappa shape index (κ1) is 19.6. The molecule has 1 aliphatic rings. The second kappa shape index (κ2) is 8.78. The van der Waals surface area contributed by atoms with E-state index in [4.69, 9.17) is 4.74 Å².